The van der Waals surface area contributed by atoms with E-state index < -0.39 is 0 Å². The Balaban J connectivity index is 2.15. The van der Waals surface area contributed by atoms with Crippen LogP contribution in [-0.4, -0.2) is 19.7 Å². The Morgan fingerprint density at radius 3 is 2.94 bits per heavy atom. The maximum Gasteiger partial charge on any atom is 0.276 e. The molecule has 0 aliphatic rings. The number of nitrogens with two attached hydrogens (primary N) is 2. The zero-order chi connectivity index (χ0) is 12.4. The molecule has 2 heterocycles. The van der Waals surface area contributed by atoms with E-state index in [9.17, 15) is 4.79 Å². The van der Waals surface area contributed by atoms with Crippen LogP contribution in [0, 0.1) is 0 Å². The first kappa shape index (κ1) is 11.0. The summed E-state index contributed by atoms with van der Waals surface area (Å²) < 4.78 is 1.56. The van der Waals surface area contributed by atoms with Crippen LogP contribution in [-0.2, 0) is 13.6 Å². The molecule has 0 saturated carbocycles. The normalized spacial score (nSPS) is 10.4. The number of aryl methyl sites for hydroxylation is 1. The Kier molecular flexibility index (Phi) is 2.69. The minimum absolute atomic E-state index is 0.0509. The third-order valence-electron chi connectivity index (χ3n) is 2.40. The van der Waals surface area contributed by atoms with Gasteiger partial charge in [-0.2, -0.15) is 5.10 Å². The minimum Gasteiger partial charge on any atom is -0.391 e. The molecule has 0 fully saturated rings. The molecule has 0 bridgehead atoms. The summed E-state index contributed by atoms with van der Waals surface area (Å²) in [6.45, 7) is 0.403. The van der Waals surface area contributed by atoms with E-state index in [2.05, 4.69) is 20.4 Å². The molecular weight excluding hydrogens is 222 g/mol. The van der Waals surface area contributed by atoms with Crippen molar-refractivity contribution < 1.29 is 0 Å². The van der Waals surface area contributed by atoms with Crippen molar-refractivity contribution in [3.05, 3.63) is 28.4 Å². The van der Waals surface area contributed by atoms with Crippen LogP contribution in [0.3, 0.4) is 0 Å². The van der Waals surface area contributed by atoms with Gasteiger partial charge in [0.05, 0.1) is 12.5 Å². The van der Waals surface area contributed by atoms with Crippen molar-refractivity contribution in [2.24, 2.45) is 7.05 Å². The molecule has 0 aromatic carbocycles. The van der Waals surface area contributed by atoms with E-state index in [0.717, 1.165) is 5.56 Å². The molecule has 0 unspecified atom stereocenters. The molecule has 0 radical (unpaired) electrons. The largest absolute Gasteiger partial charge is 0.391 e. The van der Waals surface area contributed by atoms with Crippen LogP contribution in [0.4, 0.5) is 17.3 Å². The lowest BCUT2D eigenvalue weighted by atomic mass is 10.3. The first-order valence-corrected chi connectivity index (χ1v) is 4.93. The maximum absolute atomic E-state index is 11.2. The number of aromatic nitrogens is 4. The predicted octanol–water partition coefficient (Wildman–Crippen LogP) is -0.720. The number of hydrogen-bond donors (Lipinski definition) is 4. The predicted molar refractivity (Wildman–Crippen MR) is 64.2 cm³/mol. The monoisotopic (exact) mass is 235 g/mol. The third-order valence-corrected chi connectivity index (χ3v) is 2.40. The van der Waals surface area contributed by atoms with Gasteiger partial charge in [0.25, 0.3) is 5.56 Å². The fraction of sp³-hybridized carbons (Fsp3) is 0.222. The molecule has 0 aliphatic carbocycles. The van der Waals surface area contributed by atoms with E-state index in [1.807, 2.05) is 0 Å². The molecule has 0 spiro atoms. The fourth-order valence-electron chi connectivity index (χ4n) is 1.36. The zero-order valence-corrected chi connectivity index (χ0v) is 9.27. The average molecular weight is 235 g/mol. The van der Waals surface area contributed by atoms with Gasteiger partial charge in [-0.15, -0.1) is 0 Å². The van der Waals surface area contributed by atoms with Gasteiger partial charge in [-0.05, 0) is 0 Å². The Morgan fingerprint density at radius 1 is 1.53 bits per heavy atom. The van der Waals surface area contributed by atoms with E-state index in [0.29, 0.717) is 18.2 Å². The summed E-state index contributed by atoms with van der Waals surface area (Å²) in [4.78, 5) is 17.5. The molecule has 2 aromatic rings. The first-order chi connectivity index (χ1) is 8.09. The van der Waals surface area contributed by atoms with Crippen molar-refractivity contribution >= 4 is 17.3 Å². The lowest BCUT2D eigenvalue weighted by Gasteiger charge is -2.06. The van der Waals surface area contributed by atoms with Crippen molar-refractivity contribution in [3.63, 3.8) is 0 Å². The van der Waals surface area contributed by atoms with E-state index in [1.54, 1.807) is 17.9 Å². The topological polar surface area (TPSA) is 128 Å². The van der Waals surface area contributed by atoms with Crippen LogP contribution < -0.4 is 22.3 Å². The lowest BCUT2D eigenvalue weighted by molar-refractivity contribution is 0.778. The highest BCUT2D eigenvalue weighted by Gasteiger charge is 2.07. The van der Waals surface area contributed by atoms with Crippen molar-refractivity contribution in [1.82, 2.24) is 19.7 Å². The van der Waals surface area contributed by atoms with Crippen LogP contribution in [0.5, 0.6) is 0 Å². The van der Waals surface area contributed by atoms with Crippen molar-refractivity contribution in [2.45, 2.75) is 6.54 Å². The number of hydrogen-bond acceptors (Lipinski definition) is 6. The Hall–Kier alpha value is -2.51. The summed E-state index contributed by atoms with van der Waals surface area (Å²) >= 11 is 0. The summed E-state index contributed by atoms with van der Waals surface area (Å²) in [5.74, 6) is 0.887. The molecule has 8 nitrogen and oxygen atoms in total. The fourth-order valence-corrected chi connectivity index (χ4v) is 1.36. The molecule has 0 saturated heterocycles. The van der Waals surface area contributed by atoms with E-state index in [1.165, 1.54) is 6.33 Å². The van der Waals surface area contributed by atoms with E-state index >= 15 is 0 Å². The minimum atomic E-state index is -0.373. The zero-order valence-electron chi connectivity index (χ0n) is 9.27. The van der Waals surface area contributed by atoms with Crippen LogP contribution in [0.2, 0.25) is 0 Å². The highest BCUT2D eigenvalue weighted by Crippen LogP contribution is 2.13. The lowest BCUT2D eigenvalue weighted by Crippen LogP contribution is -2.16. The van der Waals surface area contributed by atoms with Crippen LogP contribution in [0.25, 0.3) is 0 Å². The molecule has 0 atom stereocenters. The number of nitrogens with zero attached hydrogens (tertiary/aromatic N) is 3. The first-order valence-electron chi connectivity index (χ1n) is 4.93. The third kappa shape index (κ3) is 2.05. The van der Waals surface area contributed by atoms with Gasteiger partial charge in [-0.3, -0.25) is 9.48 Å². The number of nitrogen functional groups attached to an aromatic ring is 2. The van der Waals surface area contributed by atoms with Gasteiger partial charge in [-0.25, -0.2) is 4.98 Å². The van der Waals surface area contributed by atoms with Crippen LogP contribution in [0.15, 0.2) is 17.3 Å². The molecule has 2 aromatic heterocycles. The molecule has 2 rings (SSSR count). The summed E-state index contributed by atoms with van der Waals surface area (Å²) in [5, 5.41) is 6.94. The Morgan fingerprint density at radius 2 is 2.29 bits per heavy atom. The van der Waals surface area contributed by atoms with Gasteiger partial charge in [-0.1, -0.05) is 0 Å². The second-order valence-electron chi connectivity index (χ2n) is 3.53. The van der Waals surface area contributed by atoms with Gasteiger partial charge in [0.2, 0.25) is 0 Å². The second kappa shape index (κ2) is 4.16. The van der Waals surface area contributed by atoms with Gasteiger partial charge in [0, 0.05) is 19.2 Å². The summed E-state index contributed by atoms with van der Waals surface area (Å²) in [5.41, 5.74) is 11.8. The van der Waals surface area contributed by atoms with Crippen LogP contribution >= 0.6 is 0 Å². The molecule has 17 heavy (non-hydrogen) atoms. The second-order valence-corrected chi connectivity index (χ2v) is 3.53. The quantitative estimate of drug-likeness (QED) is 0.556. The maximum atomic E-state index is 11.2. The number of anilines is 3. The van der Waals surface area contributed by atoms with Crippen molar-refractivity contribution in [2.75, 3.05) is 16.8 Å². The van der Waals surface area contributed by atoms with Crippen molar-refractivity contribution in [1.29, 1.82) is 0 Å². The number of aromatic amines is 1. The van der Waals surface area contributed by atoms with Gasteiger partial charge < -0.3 is 21.8 Å². The van der Waals surface area contributed by atoms with Crippen molar-refractivity contribution in [3.8, 4) is 0 Å². The highest BCUT2D eigenvalue weighted by molar-refractivity contribution is 5.59. The molecule has 8 heteroatoms. The number of rotatable bonds is 3. The summed E-state index contributed by atoms with van der Waals surface area (Å²) in [6.07, 6.45) is 2.93. The summed E-state index contributed by atoms with van der Waals surface area (Å²) in [6, 6.07) is 0. The molecule has 90 valence electrons. The standard InChI is InChI=1S/C9H13N7O/c1-16-7(11)5(3-15-16)2-12-8-6(10)9(17)14-4-13-8/h3-4H,2,10-11H2,1H3,(H2,12,13,14,17). The average Bonchev–Trinajstić information content (AvgIpc) is 2.62. The van der Waals surface area contributed by atoms with Crippen LogP contribution in [0.1, 0.15) is 5.56 Å². The van der Waals surface area contributed by atoms with Gasteiger partial charge in [0.15, 0.2) is 5.82 Å². The van der Waals surface area contributed by atoms with Gasteiger partial charge in [0.1, 0.15) is 11.5 Å². The van der Waals surface area contributed by atoms with Gasteiger partial charge >= 0.3 is 0 Å². The smallest absolute Gasteiger partial charge is 0.276 e. The Labute approximate surface area is 96.7 Å². The van der Waals surface area contributed by atoms with E-state index in [4.69, 9.17) is 11.5 Å². The molecule has 6 N–H and O–H groups in total. The Bertz CT molecular complexity index is 585. The summed E-state index contributed by atoms with van der Waals surface area (Å²) in [7, 11) is 1.75. The molecule has 0 aliphatic heterocycles. The molecule has 0 amide bonds. The number of nitrogens with one attached hydrogen (secondary N) is 2. The number of H-pyrrole nitrogens is 1. The molecular formula is C9H13N7O. The van der Waals surface area contributed by atoms with E-state index in [-0.39, 0.29) is 11.2 Å². The highest BCUT2D eigenvalue weighted by atomic mass is 16.1. The SMILES string of the molecule is Cn1ncc(CNc2nc[nH]c(=O)c2N)c1N.